The maximum Gasteiger partial charge on any atom is 0.315 e. The Kier molecular flexibility index (Phi) is 5.60. The monoisotopic (exact) mass is 271 g/mol. The van der Waals surface area contributed by atoms with Crippen molar-refractivity contribution >= 4 is 12.0 Å². The molecule has 0 aromatic rings. The molecule has 0 spiro atoms. The molecule has 110 valence electrons. The van der Waals surface area contributed by atoms with Gasteiger partial charge in [-0.15, -0.1) is 0 Å². The van der Waals surface area contributed by atoms with Gasteiger partial charge in [0.25, 0.3) is 0 Å². The molecule has 1 aliphatic carbocycles. The molecule has 19 heavy (non-hydrogen) atoms. The molecule has 0 bridgehead atoms. The lowest BCUT2D eigenvalue weighted by molar-refractivity contribution is -0.143. The summed E-state index contributed by atoms with van der Waals surface area (Å²) < 4.78 is 0. The second kappa shape index (κ2) is 6.75. The van der Waals surface area contributed by atoms with Crippen LogP contribution in [0.2, 0.25) is 0 Å². The lowest BCUT2D eigenvalue weighted by Crippen LogP contribution is -2.47. The Hall–Kier alpha value is -1.30. The number of hydrogen-bond acceptors (Lipinski definition) is 3. The van der Waals surface area contributed by atoms with Crippen LogP contribution in [0.5, 0.6) is 0 Å². The van der Waals surface area contributed by atoms with E-state index in [0.717, 1.165) is 19.6 Å². The topological polar surface area (TPSA) is 81.7 Å². The molecule has 0 heterocycles. The van der Waals surface area contributed by atoms with Gasteiger partial charge in [0.1, 0.15) is 0 Å². The van der Waals surface area contributed by atoms with Gasteiger partial charge in [-0.25, -0.2) is 4.79 Å². The molecule has 1 fully saturated rings. The Morgan fingerprint density at radius 2 is 1.89 bits per heavy atom. The summed E-state index contributed by atoms with van der Waals surface area (Å²) in [6.07, 6.45) is 1.30. The average molecular weight is 271 g/mol. The fourth-order valence-corrected chi connectivity index (χ4v) is 2.06. The summed E-state index contributed by atoms with van der Waals surface area (Å²) in [5.74, 6) is -0.816. The second-order valence-corrected chi connectivity index (χ2v) is 5.30. The van der Waals surface area contributed by atoms with Gasteiger partial charge < -0.3 is 20.6 Å². The van der Waals surface area contributed by atoms with Crippen molar-refractivity contribution in [3.63, 3.8) is 0 Å². The Bertz CT molecular complexity index is 325. The minimum absolute atomic E-state index is 0.0416. The van der Waals surface area contributed by atoms with Crippen molar-refractivity contribution in [3.8, 4) is 0 Å². The van der Waals surface area contributed by atoms with E-state index in [1.807, 2.05) is 6.92 Å². The molecule has 1 saturated carbocycles. The van der Waals surface area contributed by atoms with Crippen molar-refractivity contribution in [1.82, 2.24) is 15.5 Å². The van der Waals surface area contributed by atoms with Crippen molar-refractivity contribution < 1.29 is 14.7 Å². The lowest BCUT2D eigenvalue weighted by Gasteiger charge is -2.23. The summed E-state index contributed by atoms with van der Waals surface area (Å²) in [6.45, 7) is 9.02. The Morgan fingerprint density at radius 3 is 2.32 bits per heavy atom. The van der Waals surface area contributed by atoms with E-state index < -0.39 is 11.4 Å². The van der Waals surface area contributed by atoms with Crippen LogP contribution in [0.3, 0.4) is 0 Å². The van der Waals surface area contributed by atoms with Crippen molar-refractivity contribution in [2.45, 2.75) is 39.7 Å². The molecule has 6 nitrogen and oxygen atoms in total. The molecular formula is C13H25N3O3. The van der Waals surface area contributed by atoms with Crippen molar-refractivity contribution in [1.29, 1.82) is 0 Å². The quantitative estimate of drug-likeness (QED) is 0.612. The molecule has 0 aliphatic heterocycles. The molecule has 2 amide bonds. The molecule has 1 atom stereocenters. The summed E-state index contributed by atoms with van der Waals surface area (Å²) >= 11 is 0. The highest BCUT2D eigenvalue weighted by atomic mass is 16.4. The van der Waals surface area contributed by atoms with Gasteiger partial charge in [-0.05, 0) is 32.9 Å². The number of nitrogens with zero attached hydrogens (tertiary/aromatic N) is 1. The van der Waals surface area contributed by atoms with E-state index in [1.165, 1.54) is 0 Å². The zero-order valence-corrected chi connectivity index (χ0v) is 12.0. The van der Waals surface area contributed by atoms with E-state index in [0.29, 0.717) is 12.8 Å². The maximum atomic E-state index is 11.7. The van der Waals surface area contributed by atoms with Gasteiger partial charge in [0.15, 0.2) is 0 Å². The van der Waals surface area contributed by atoms with Crippen LogP contribution < -0.4 is 10.6 Å². The fourth-order valence-electron chi connectivity index (χ4n) is 2.06. The highest BCUT2D eigenvalue weighted by molar-refractivity contribution is 5.80. The van der Waals surface area contributed by atoms with Crippen LogP contribution in [0, 0.1) is 5.41 Å². The molecule has 3 N–H and O–H groups in total. The van der Waals surface area contributed by atoms with Gasteiger partial charge in [0.2, 0.25) is 0 Å². The molecular weight excluding hydrogens is 246 g/mol. The maximum absolute atomic E-state index is 11.7. The van der Waals surface area contributed by atoms with Crippen molar-refractivity contribution in [2.24, 2.45) is 5.41 Å². The highest BCUT2D eigenvalue weighted by Gasteiger charge is 2.50. The minimum Gasteiger partial charge on any atom is -0.481 e. The van der Waals surface area contributed by atoms with E-state index in [4.69, 9.17) is 5.11 Å². The molecule has 0 aromatic heterocycles. The second-order valence-electron chi connectivity index (χ2n) is 5.30. The third-order valence-electron chi connectivity index (χ3n) is 3.70. The van der Waals surface area contributed by atoms with E-state index in [-0.39, 0.29) is 18.6 Å². The van der Waals surface area contributed by atoms with Crippen molar-refractivity contribution in [3.05, 3.63) is 0 Å². The van der Waals surface area contributed by atoms with Crippen LogP contribution in [0.1, 0.15) is 33.6 Å². The third-order valence-corrected chi connectivity index (χ3v) is 3.70. The number of hydrogen-bond donors (Lipinski definition) is 3. The Balaban J connectivity index is 2.25. The predicted octanol–water partition coefficient (Wildman–Crippen LogP) is 0.881. The normalized spacial score (nSPS) is 17.9. The highest BCUT2D eigenvalue weighted by Crippen LogP contribution is 2.45. The van der Waals surface area contributed by atoms with Gasteiger partial charge in [-0.1, -0.05) is 13.8 Å². The number of rotatable bonds is 8. The van der Waals surface area contributed by atoms with E-state index in [1.54, 1.807) is 0 Å². The molecule has 0 saturated heterocycles. The number of nitrogens with one attached hydrogen (secondary N) is 2. The zero-order chi connectivity index (χ0) is 14.5. The number of urea groups is 1. The summed E-state index contributed by atoms with van der Waals surface area (Å²) in [4.78, 5) is 24.9. The minimum atomic E-state index is -0.816. The number of likely N-dealkylation sites (N-methyl/N-ethyl adjacent to an activating group) is 1. The van der Waals surface area contributed by atoms with E-state index in [2.05, 4.69) is 29.4 Å². The summed E-state index contributed by atoms with van der Waals surface area (Å²) in [7, 11) is 0. The van der Waals surface area contributed by atoms with E-state index in [9.17, 15) is 9.59 Å². The Morgan fingerprint density at radius 1 is 1.32 bits per heavy atom. The number of carboxylic acids is 1. The summed E-state index contributed by atoms with van der Waals surface area (Å²) in [5, 5.41) is 14.5. The third kappa shape index (κ3) is 4.70. The van der Waals surface area contributed by atoms with Crippen LogP contribution in [0.4, 0.5) is 4.79 Å². The lowest BCUT2D eigenvalue weighted by atomic mass is 10.1. The van der Waals surface area contributed by atoms with Gasteiger partial charge in [0, 0.05) is 19.1 Å². The molecule has 1 unspecified atom stereocenters. The first-order chi connectivity index (χ1) is 8.93. The smallest absolute Gasteiger partial charge is 0.315 e. The van der Waals surface area contributed by atoms with Crippen LogP contribution in [0.25, 0.3) is 0 Å². The number of carboxylic acid groups (broad SMARTS) is 1. The first-order valence-corrected chi connectivity index (χ1v) is 6.93. The van der Waals surface area contributed by atoms with Gasteiger partial charge in [-0.2, -0.15) is 0 Å². The number of amides is 2. The number of aliphatic carboxylic acids is 1. The number of carbonyl (C=O) groups excluding carboxylic acids is 1. The largest absolute Gasteiger partial charge is 0.481 e. The standard InChI is InChI=1S/C13H25N3O3/c1-4-16(5-2)8-10(3)15-12(19)14-9-13(6-7-13)11(17)18/h10H,4-9H2,1-3H3,(H,17,18)(H2,14,15,19). The van der Waals surface area contributed by atoms with Gasteiger partial charge in [0.05, 0.1) is 5.41 Å². The van der Waals surface area contributed by atoms with Crippen LogP contribution >= 0.6 is 0 Å². The SMILES string of the molecule is CCN(CC)CC(C)NC(=O)NCC1(C(=O)O)CC1. The first-order valence-electron chi connectivity index (χ1n) is 6.93. The van der Waals surface area contributed by atoms with Crippen LogP contribution in [-0.2, 0) is 4.79 Å². The molecule has 1 rings (SSSR count). The molecule has 6 heteroatoms. The summed E-state index contributed by atoms with van der Waals surface area (Å²) in [6, 6.07) is -0.243. The molecule has 0 aromatic carbocycles. The Labute approximate surface area is 114 Å². The van der Waals surface area contributed by atoms with Crippen LogP contribution in [-0.4, -0.2) is 54.2 Å². The van der Waals surface area contributed by atoms with Gasteiger partial charge >= 0.3 is 12.0 Å². The van der Waals surface area contributed by atoms with E-state index >= 15 is 0 Å². The predicted molar refractivity (Wildman–Crippen MR) is 73.1 cm³/mol. The first kappa shape index (κ1) is 15.8. The van der Waals surface area contributed by atoms with Crippen molar-refractivity contribution in [2.75, 3.05) is 26.2 Å². The molecule has 1 aliphatic rings. The zero-order valence-electron chi connectivity index (χ0n) is 12.0. The number of carbonyl (C=O) groups is 2. The average Bonchev–Trinajstić information content (AvgIpc) is 3.14. The van der Waals surface area contributed by atoms with Gasteiger partial charge in [-0.3, -0.25) is 4.79 Å². The van der Waals surface area contributed by atoms with Crippen LogP contribution in [0.15, 0.2) is 0 Å². The summed E-state index contributed by atoms with van der Waals surface area (Å²) in [5.41, 5.74) is -0.709. The molecule has 0 radical (unpaired) electrons. The fraction of sp³-hybridized carbons (Fsp3) is 0.846.